The zero-order valence-electron chi connectivity index (χ0n) is 11.1. The monoisotopic (exact) mass is 377 g/mol. The quantitative estimate of drug-likeness (QED) is 0.653. The lowest BCUT2D eigenvalue weighted by Crippen LogP contribution is -2.13. The van der Waals surface area contributed by atoms with E-state index < -0.39 is 24.7 Å². The van der Waals surface area contributed by atoms with Gasteiger partial charge in [0.1, 0.15) is 18.8 Å². The zero-order chi connectivity index (χ0) is 15.8. The first-order chi connectivity index (χ1) is 9.68. The average Bonchev–Trinajstić information content (AvgIpc) is 2.85. The number of halogens is 3. The highest BCUT2D eigenvalue weighted by atomic mass is 79.9. The molecule has 1 amide bonds. The molecule has 0 aliphatic heterocycles. The molecule has 0 aliphatic carbocycles. The number of carbonyl (C=O) groups excluding carboxylic acids is 1. The predicted octanol–water partition coefficient (Wildman–Crippen LogP) is 3.82. The molecular formula is C13H11BrF2NO3P. The maximum absolute atomic E-state index is 13.6. The summed E-state index contributed by atoms with van der Waals surface area (Å²) in [5.41, 5.74) is 0.0100. The van der Waals surface area contributed by atoms with Crippen molar-refractivity contribution in [3.63, 3.8) is 0 Å². The Morgan fingerprint density at radius 3 is 2.48 bits per heavy atom. The molecule has 1 aromatic carbocycles. The van der Waals surface area contributed by atoms with Crippen LogP contribution in [0.25, 0.3) is 0 Å². The average molecular weight is 378 g/mol. The minimum atomic E-state index is -2.62. The van der Waals surface area contributed by atoms with Crippen LogP contribution >= 0.6 is 23.1 Å². The van der Waals surface area contributed by atoms with Crippen molar-refractivity contribution in [2.24, 2.45) is 0 Å². The van der Waals surface area contributed by atoms with Gasteiger partial charge in [0.05, 0.1) is 10.2 Å². The number of benzene rings is 1. The van der Waals surface area contributed by atoms with Crippen LogP contribution in [-0.4, -0.2) is 19.2 Å². The lowest BCUT2D eigenvalue weighted by molar-refractivity contribution is 0.0997. The Kier molecular flexibility index (Phi) is 4.35. The number of hydrogen-bond acceptors (Lipinski definition) is 3. The van der Waals surface area contributed by atoms with E-state index in [0.29, 0.717) is 6.07 Å². The largest absolute Gasteiger partial charge is 0.448 e. The van der Waals surface area contributed by atoms with E-state index >= 15 is 0 Å². The van der Waals surface area contributed by atoms with Gasteiger partial charge in [0.25, 0.3) is 5.91 Å². The molecule has 2 rings (SSSR count). The second-order valence-electron chi connectivity index (χ2n) is 4.69. The fraction of sp³-hybridized carbons (Fsp3) is 0.154. The first-order valence-electron chi connectivity index (χ1n) is 5.80. The van der Waals surface area contributed by atoms with Gasteiger partial charge in [0.15, 0.2) is 11.3 Å². The van der Waals surface area contributed by atoms with Gasteiger partial charge in [0.2, 0.25) is 0 Å². The van der Waals surface area contributed by atoms with Crippen LogP contribution in [-0.2, 0) is 4.57 Å². The highest BCUT2D eigenvalue weighted by Gasteiger charge is 2.20. The van der Waals surface area contributed by atoms with Crippen LogP contribution < -0.4 is 10.8 Å². The van der Waals surface area contributed by atoms with Gasteiger partial charge in [-0.05, 0) is 47.5 Å². The Hall–Kier alpha value is -1.46. The summed E-state index contributed by atoms with van der Waals surface area (Å²) in [6.45, 7) is 3.01. The summed E-state index contributed by atoms with van der Waals surface area (Å²) in [6.07, 6.45) is 0. The van der Waals surface area contributed by atoms with E-state index in [0.717, 1.165) is 6.07 Å². The van der Waals surface area contributed by atoms with Crippen molar-refractivity contribution in [2.45, 2.75) is 0 Å². The molecule has 1 N–H and O–H groups in total. The summed E-state index contributed by atoms with van der Waals surface area (Å²) >= 11 is 2.90. The third kappa shape index (κ3) is 3.60. The highest BCUT2D eigenvalue weighted by molar-refractivity contribution is 9.10. The molecule has 0 bridgehead atoms. The Morgan fingerprint density at radius 1 is 1.24 bits per heavy atom. The third-order valence-corrected chi connectivity index (χ3v) is 4.51. The van der Waals surface area contributed by atoms with Gasteiger partial charge in [-0.25, -0.2) is 8.78 Å². The molecule has 21 heavy (non-hydrogen) atoms. The van der Waals surface area contributed by atoms with Crippen LogP contribution in [0.1, 0.15) is 10.6 Å². The summed E-state index contributed by atoms with van der Waals surface area (Å²) in [5.74, 6) is -2.50. The van der Waals surface area contributed by atoms with E-state index in [1.54, 1.807) is 0 Å². The molecule has 0 saturated carbocycles. The fourth-order valence-electron chi connectivity index (χ4n) is 1.54. The SMILES string of the molecule is CP(C)(=O)c1ccc(C(=O)Nc2cc(Br)c(F)cc2F)o1. The molecule has 0 saturated heterocycles. The van der Waals surface area contributed by atoms with E-state index in [-0.39, 0.29) is 21.4 Å². The molecule has 1 aromatic heterocycles. The second-order valence-corrected chi connectivity index (χ2v) is 8.69. The number of nitrogens with one attached hydrogen (secondary N) is 1. The van der Waals surface area contributed by atoms with E-state index in [1.807, 2.05) is 0 Å². The lowest BCUT2D eigenvalue weighted by atomic mass is 10.3. The van der Waals surface area contributed by atoms with Crippen LogP contribution in [0.2, 0.25) is 0 Å². The minimum Gasteiger partial charge on any atom is -0.448 e. The number of amides is 1. The van der Waals surface area contributed by atoms with Gasteiger partial charge in [-0.15, -0.1) is 0 Å². The van der Waals surface area contributed by atoms with Crippen molar-refractivity contribution in [1.82, 2.24) is 0 Å². The van der Waals surface area contributed by atoms with Crippen molar-refractivity contribution in [3.05, 3.63) is 46.1 Å². The highest BCUT2D eigenvalue weighted by Crippen LogP contribution is 2.35. The van der Waals surface area contributed by atoms with Crippen molar-refractivity contribution < 1.29 is 22.6 Å². The molecule has 0 fully saturated rings. The standard InChI is InChI=1S/C13H11BrF2NO3P/c1-21(2,19)12-4-3-11(20-12)13(18)17-10-5-7(14)8(15)6-9(10)16/h3-6H,1-2H3,(H,17,18). The van der Waals surface area contributed by atoms with Gasteiger partial charge in [-0.1, -0.05) is 0 Å². The maximum atomic E-state index is 13.6. The summed E-state index contributed by atoms with van der Waals surface area (Å²) in [6, 6.07) is 4.55. The molecule has 0 radical (unpaired) electrons. The summed E-state index contributed by atoms with van der Waals surface area (Å²) in [5, 5.41) is 2.27. The summed E-state index contributed by atoms with van der Waals surface area (Å²) in [4.78, 5) is 11.9. The Bertz CT molecular complexity index is 754. The maximum Gasteiger partial charge on any atom is 0.291 e. The summed E-state index contributed by atoms with van der Waals surface area (Å²) < 4.78 is 43.7. The van der Waals surface area contributed by atoms with Crippen molar-refractivity contribution >= 4 is 40.2 Å². The van der Waals surface area contributed by atoms with Gasteiger partial charge in [0, 0.05) is 6.07 Å². The molecule has 8 heteroatoms. The van der Waals surface area contributed by atoms with Crippen LogP contribution in [0.15, 0.2) is 33.2 Å². The molecular weight excluding hydrogens is 367 g/mol. The first kappa shape index (κ1) is 15.9. The van der Waals surface area contributed by atoms with Crippen LogP contribution in [0.5, 0.6) is 0 Å². The van der Waals surface area contributed by atoms with E-state index in [9.17, 15) is 18.1 Å². The zero-order valence-corrected chi connectivity index (χ0v) is 13.6. The van der Waals surface area contributed by atoms with Crippen LogP contribution in [0, 0.1) is 11.6 Å². The summed E-state index contributed by atoms with van der Waals surface area (Å²) in [7, 11) is -2.62. The lowest BCUT2D eigenvalue weighted by Gasteiger charge is -2.06. The Labute approximate surface area is 128 Å². The number of carbonyl (C=O) groups is 1. The molecule has 0 spiro atoms. The fourth-order valence-corrected chi connectivity index (χ4v) is 2.64. The number of furan rings is 1. The number of anilines is 1. The molecule has 4 nitrogen and oxygen atoms in total. The van der Waals surface area contributed by atoms with Crippen LogP contribution in [0.4, 0.5) is 14.5 Å². The molecule has 0 aliphatic rings. The molecule has 1 heterocycles. The van der Waals surface area contributed by atoms with Crippen molar-refractivity contribution in [2.75, 3.05) is 18.6 Å². The Morgan fingerprint density at radius 2 is 1.90 bits per heavy atom. The Balaban J connectivity index is 2.24. The minimum absolute atomic E-state index is 0.0194. The van der Waals surface area contributed by atoms with Gasteiger partial charge in [-0.3, -0.25) is 4.79 Å². The first-order valence-corrected chi connectivity index (χ1v) is 9.19. The van der Waals surface area contributed by atoms with E-state index in [2.05, 4.69) is 21.2 Å². The van der Waals surface area contributed by atoms with E-state index in [1.165, 1.54) is 25.5 Å². The van der Waals surface area contributed by atoms with Crippen molar-refractivity contribution in [1.29, 1.82) is 0 Å². The molecule has 2 aromatic rings. The second kappa shape index (κ2) is 5.73. The topological polar surface area (TPSA) is 59.3 Å². The van der Waals surface area contributed by atoms with Crippen molar-refractivity contribution in [3.8, 4) is 0 Å². The number of hydrogen-bond donors (Lipinski definition) is 1. The van der Waals surface area contributed by atoms with Gasteiger partial charge < -0.3 is 14.3 Å². The predicted molar refractivity (Wildman–Crippen MR) is 79.8 cm³/mol. The van der Waals surface area contributed by atoms with Gasteiger partial charge >= 0.3 is 0 Å². The third-order valence-electron chi connectivity index (χ3n) is 2.60. The van der Waals surface area contributed by atoms with E-state index in [4.69, 9.17) is 4.42 Å². The molecule has 112 valence electrons. The smallest absolute Gasteiger partial charge is 0.291 e. The van der Waals surface area contributed by atoms with Gasteiger partial charge in [-0.2, -0.15) is 0 Å². The molecule has 0 unspecified atom stereocenters. The number of rotatable bonds is 3. The normalized spacial score (nSPS) is 11.5. The van der Waals surface area contributed by atoms with Crippen LogP contribution in [0.3, 0.4) is 0 Å². The molecule has 0 atom stereocenters.